The van der Waals surface area contributed by atoms with Gasteiger partial charge in [0.25, 0.3) is 0 Å². The average Bonchev–Trinajstić information content (AvgIpc) is 2.46. The highest BCUT2D eigenvalue weighted by Crippen LogP contribution is 2.28. The summed E-state index contributed by atoms with van der Waals surface area (Å²) >= 11 is 0. The third-order valence-corrected chi connectivity index (χ3v) is 3.05. The first kappa shape index (κ1) is 14.3. The van der Waals surface area contributed by atoms with Crippen molar-refractivity contribution in [1.82, 2.24) is 9.97 Å². The summed E-state index contributed by atoms with van der Waals surface area (Å²) in [4.78, 5) is 8.68. The number of nitrogens with one attached hydrogen (secondary N) is 1. The summed E-state index contributed by atoms with van der Waals surface area (Å²) in [5.74, 6) is 0.878. The normalized spacial score (nSPS) is 11.9. The zero-order valence-electron chi connectivity index (χ0n) is 12.3. The lowest BCUT2D eigenvalue weighted by Crippen LogP contribution is -2.12. The molecule has 0 radical (unpaired) electrons. The van der Waals surface area contributed by atoms with E-state index < -0.39 is 0 Å². The minimum atomic E-state index is 0.0788. The number of aromatic nitrogens is 2. The van der Waals surface area contributed by atoms with Crippen LogP contribution in [0.3, 0.4) is 0 Å². The second-order valence-electron chi connectivity index (χ2n) is 4.74. The predicted molar refractivity (Wildman–Crippen MR) is 81.0 cm³/mol. The Balaban J connectivity index is 2.15. The van der Waals surface area contributed by atoms with Gasteiger partial charge in [-0.1, -0.05) is 19.1 Å². The molecule has 0 amide bonds. The van der Waals surface area contributed by atoms with Crippen molar-refractivity contribution in [3.8, 4) is 5.75 Å². The molecule has 1 aromatic carbocycles. The van der Waals surface area contributed by atoms with Gasteiger partial charge >= 0.3 is 0 Å². The highest BCUT2D eigenvalue weighted by molar-refractivity contribution is 5.57. The number of anilines is 1. The summed E-state index contributed by atoms with van der Waals surface area (Å²) in [6.07, 6.45) is 4.43. The largest absolute Gasteiger partial charge is 0.491 e. The number of para-hydroxylation sites is 2. The number of rotatable bonds is 6. The van der Waals surface area contributed by atoms with E-state index in [1.54, 1.807) is 12.4 Å². The molecular weight excluding hydrogens is 250 g/mol. The molecule has 2 rings (SSSR count). The highest BCUT2D eigenvalue weighted by Gasteiger charge is 2.12. The van der Waals surface area contributed by atoms with Gasteiger partial charge in [-0.2, -0.15) is 0 Å². The van der Waals surface area contributed by atoms with E-state index in [-0.39, 0.29) is 6.04 Å². The smallest absolute Gasteiger partial charge is 0.142 e. The van der Waals surface area contributed by atoms with Gasteiger partial charge in [0.05, 0.1) is 29.7 Å². The summed E-state index contributed by atoms with van der Waals surface area (Å²) in [6.45, 7) is 6.87. The molecule has 0 fully saturated rings. The van der Waals surface area contributed by atoms with Gasteiger partial charge in [-0.05, 0) is 32.4 Å². The number of nitrogens with zero attached hydrogens (tertiary/aromatic N) is 2. The van der Waals surface area contributed by atoms with Crippen LogP contribution in [0.15, 0.2) is 36.7 Å². The van der Waals surface area contributed by atoms with Crippen LogP contribution in [0, 0.1) is 6.92 Å². The summed E-state index contributed by atoms with van der Waals surface area (Å²) in [5, 5.41) is 3.45. The fraction of sp³-hybridized carbons (Fsp3) is 0.375. The molecule has 0 spiro atoms. The predicted octanol–water partition coefficient (Wildman–Crippen LogP) is 3.75. The zero-order chi connectivity index (χ0) is 14.4. The number of benzene rings is 1. The second-order valence-corrected chi connectivity index (χ2v) is 4.74. The molecule has 0 aliphatic heterocycles. The van der Waals surface area contributed by atoms with E-state index in [0.717, 1.165) is 35.9 Å². The van der Waals surface area contributed by atoms with E-state index in [1.165, 1.54) is 0 Å². The van der Waals surface area contributed by atoms with E-state index >= 15 is 0 Å². The van der Waals surface area contributed by atoms with E-state index in [0.29, 0.717) is 0 Å². The van der Waals surface area contributed by atoms with E-state index in [1.807, 2.05) is 31.2 Å². The Morgan fingerprint density at radius 1 is 1.20 bits per heavy atom. The molecule has 1 atom stereocenters. The summed E-state index contributed by atoms with van der Waals surface area (Å²) < 4.78 is 5.75. The minimum absolute atomic E-state index is 0.0788. The number of hydrogen-bond donors (Lipinski definition) is 1. The van der Waals surface area contributed by atoms with E-state index in [4.69, 9.17) is 4.74 Å². The van der Waals surface area contributed by atoms with Crippen molar-refractivity contribution in [3.05, 3.63) is 48.0 Å². The van der Waals surface area contributed by atoms with Gasteiger partial charge in [0, 0.05) is 12.4 Å². The topological polar surface area (TPSA) is 47.0 Å². The maximum Gasteiger partial charge on any atom is 0.142 e. The quantitative estimate of drug-likeness (QED) is 0.869. The Hall–Kier alpha value is -2.10. The van der Waals surface area contributed by atoms with Gasteiger partial charge in [0.1, 0.15) is 5.75 Å². The standard InChI is InChI=1S/C16H21N3O/c1-4-11-20-15-8-6-5-7-14(15)19-13(3)16-12(2)17-9-10-18-16/h5-10,13,19H,4,11H2,1-3H3. The van der Waals surface area contributed by atoms with Crippen molar-refractivity contribution >= 4 is 5.69 Å². The summed E-state index contributed by atoms with van der Waals surface area (Å²) in [7, 11) is 0. The zero-order valence-corrected chi connectivity index (χ0v) is 12.3. The summed E-state index contributed by atoms with van der Waals surface area (Å²) in [5.41, 5.74) is 2.88. The average molecular weight is 271 g/mol. The molecule has 0 saturated heterocycles. The van der Waals surface area contributed by atoms with E-state index in [2.05, 4.69) is 29.1 Å². The first-order chi connectivity index (χ1) is 9.72. The van der Waals surface area contributed by atoms with Crippen molar-refractivity contribution in [2.24, 2.45) is 0 Å². The van der Waals surface area contributed by atoms with Gasteiger partial charge in [-0.15, -0.1) is 0 Å². The second kappa shape index (κ2) is 6.89. The SMILES string of the molecule is CCCOc1ccccc1NC(C)c1nccnc1C. The van der Waals surface area contributed by atoms with Gasteiger partial charge in [0.2, 0.25) is 0 Å². The Morgan fingerprint density at radius 2 is 1.95 bits per heavy atom. The first-order valence-electron chi connectivity index (χ1n) is 6.98. The fourth-order valence-electron chi connectivity index (χ4n) is 2.07. The van der Waals surface area contributed by atoms with Crippen LogP contribution in [-0.4, -0.2) is 16.6 Å². The molecule has 106 valence electrons. The third kappa shape index (κ3) is 3.47. The van der Waals surface area contributed by atoms with Crippen LogP contribution in [0.2, 0.25) is 0 Å². The van der Waals surface area contributed by atoms with Crippen LogP contribution in [0.4, 0.5) is 5.69 Å². The molecule has 20 heavy (non-hydrogen) atoms. The maximum absolute atomic E-state index is 5.75. The molecule has 1 heterocycles. The van der Waals surface area contributed by atoms with Crippen molar-refractivity contribution in [3.63, 3.8) is 0 Å². The van der Waals surface area contributed by atoms with Crippen LogP contribution >= 0.6 is 0 Å². The van der Waals surface area contributed by atoms with Crippen molar-refractivity contribution < 1.29 is 4.74 Å². The Kier molecular flexibility index (Phi) is 4.93. The van der Waals surface area contributed by atoms with Crippen LogP contribution in [-0.2, 0) is 0 Å². The van der Waals surface area contributed by atoms with Gasteiger partial charge in [-0.3, -0.25) is 9.97 Å². The lowest BCUT2D eigenvalue weighted by Gasteiger charge is -2.18. The van der Waals surface area contributed by atoms with Gasteiger partial charge < -0.3 is 10.1 Å². The molecule has 0 aliphatic carbocycles. The summed E-state index contributed by atoms with van der Waals surface area (Å²) in [6, 6.07) is 8.06. The van der Waals surface area contributed by atoms with Crippen molar-refractivity contribution in [1.29, 1.82) is 0 Å². The molecule has 1 unspecified atom stereocenters. The van der Waals surface area contributed by atoms with E-state index in [9.17, 15) is 0 Å². The molecule has 4 heteroatoms. The van der Waals surface area contributed by atoms with Crippen LogP contribution in [0.1, 0.15) is 37.7 Å². The lowest BCUT2D eigenvalue weighted by atomic mass is 10.1. The van der Waals surface area contributed by atoms with Gasteiger partial charge in [0.15, 0.2) is 0 Å². The Morgan fingerprint density at radius 3 is 2.70 bits per heavy atom. The van der Waals surface area contributed by atoms with Crippen LogP contribution < -0.4 is 10.1 Å². The molecule has 1 N–H and O–H groups in total. The van der Waals surface area contributed by atoms with Crippen molar-refractivity contribution in [2.75, 3.05) is 11.9 Å². The lowest BCUT2D eigenvalue weighted by molar-refractivity contribution is 0.318. The van der Waals surface area contributed by atoms with Crippen LogP contribution in [0.25, 0.3) is 0 Å². The molecule has 0 aliphatic rings. The monoisotopic (exact) mass is 271 g/mol. The van der Waals surface area contributed by atoms with Crippen molar-refractivity contribution in [2.45, 2.75) is 33.2 Å². The third-order valence-electron chi connectivity index (χ3n) is 3.05. The number of aryl methyl sites for hydroxylation is 1. The molecule has 4 nitrogen and oxygen atoms in total. The fourth-order valence-corrected chi connectivity index (χ4v) is 2.07. The van der Waals surface area contributed by atoms with Crippen LogP contribution in [0.5, 0.6) is 5.75 Å². The molecule has 0 saturated carbocycles. The number of ether oxygens (including phenoxy) is 1. The first-order valence-corrected chi connectivity index (χ1v) is 6.98. The highest BCUT2D eigenvalue weighted by atomic mass is 16.5. The maximum atomic E-state index is 5.75. The Labute approximate surface area is 120 Å². The number of hydrogen-bond acceptors (Lipinski definition) is 4. The molecule has 0 bridgehead atoms. The Bertz CT molecular complexity index is 557. The molecule has 2 aromatic rings. The van der Waals surface area contributed by atoms with Gasteiger partial charge in [-0.25, -0.2) is 0 Å². The molecular formula is C16H21N3O. The minimum Gasteiger partial charge on any atom is -0.491 e. The molecule has 1 aromatic heterocycles.